The number of hydrogen-bond acceptors (Lipinski definition) is 5. The van der Waals surface area contributed by atoms with Gasteiger partial charge >= 0.3 is 5.88 Å². The molecule has 1 rings (SSSR count). The van der Waals surface area contributed by atoms with E-state index in [4.69, 9.17) is 10.8 Å². The Morgan fingerprint density at radius 1 is 1.75 bits per heavy atom. The zero-order valence-corrected chi connectivity index (χ0v) is 6.14. The molecule has 0 unspecified atom stereocenters. The Kier molecular flexibility index (Phi) is 2.41. The topological polar surface area (TPSA) is 103 Å². The molecule has 0 fully saturated rings. The highest BCUT2D eigenvalue weighted by Gasteiger charge is 2.16. The first kappa shape index (κ1) is 8.69. The van der Waals surface area contributed by atoms with Gasteiger partial charge in [-0.3, -0.25) is 10.1 Å². The van der Waals surface area contributed by atoms with Crippen LogP contribution in [0.25, 0.3) is 0 Å². The fraction of sp³-hybridized carbons (Fsp3) is 0.333. The van der Waals surface area contributed by atoms with Crippen LogP contribution in [0.2, 0.25) is 0 Å². The molecule has 6 heteroatoms. The van der Waals surface area contributed by atoms with E-state index in [-0.39, 0.29) is 12.3 Å². The molecule has 3 N–H and O–H groups in total. The van der Waals surface area contributed by atoms with Crippen molar-refractivity contribution in [3.8, 4) is 0 Å². The zero-order chi connectivity index (χ0) is 9.14. The van der Waals surface area contributed by atoms with Gasteiger partial charge in [0, 0.05) is 6.54 Å². The zero-order valence-electron chi connectivity index (χ0n) is 6.14. The van der Waals surface area contributed by atoms with Gasteiger partial charge < -0.3 is 15.3 Å². The number of aliphatic hydroxyl groups excluding tert-OH is 1. The molecule has 66 valence electrons. The summed E-state index contributed by atoms with van der Waals surface area (Å²) < 4.78 is 4.67. The maximum atomic E-state index is 10.1. The highest BCUT2D eigenvalue weighted by Crippen LogP contribution is 2.20. The van der Waals surface area contributed by atoms with Crippen LogP contribution < -0.4 is 5.73 Å². The molecule has 0 aliphatic carbocycles. The van der Waals surface area contributed by atoms with Crippen molar-refractivity contribution in [2.75, 3.05) is 6.54 Å². The van der Waals surface area contributed by atoms with Gasteiger partial charge in [-0.1, -0.05) is 0 Å². The summed E-state index contributed by atoms with van der Waals surface area (Å²) in [7, 11) is 0. The molecule has 0 amide bonds. The van der Waals surface area contributed by atoms with Crippen LogP contribution in [-0.4, -0.2) is 16.6 Å². The lowest BCUT2D eigenvalue weighted by Crippen LogP contribution is -2.10. The fourth-order valence-electron chi connectivity index (χ4n) is 0.736. The number of nitrogens with two attached hydrogens (primary N) is 1. The van der Waals surface area contributed by atoms with Gasteiger partial charge in [-0.05, 0) is 6.07 Å². The van der Waals surface area contributed by atoms with Crippen LogP contribution in [0.4, 0.5) is 5.88 Å². The van der Waals surface area contributed by atoms with Crippen LogP contribution in [0.3, 0.4) is 0 Å². The third kappa shape index (κ3) is 1.60. The molecule has 0 aliphatic heterocycles. The highest BCUT2D eigenvalue weighted by molar-refractivity contribution is 5.19. The van der Waals surface area contributed by atoms with E-state index in [1.54, 1.807) is 0 Å². The van der Waals surface area contributed by atoms with Crippen molar-refractivity contribution in [3.05, 3.63) is 28.0 Å². The van der Waals surface area contributed by atoms with E-state index in [9.17, 15) is 10.1 Å². The second-order valence-electron chi connectivity index (χ2n) is 2.18. The van der Waals surface area contributed by atoms with Crippen molar-refractivity contribution in [2.45, 2.75) is 6.10 Å². The predicted octanol–water partition coefficient (Wildman–Crippen LogP) is 0.180. The monoisotopic (exact) mass is 172 g/mol. The molecule has 0 aliphatic rings. The van der Waals surface area contributed by atoms with Gasteiger partial charge in [0.1, 0.15) is 16.8 Å². The van der Waals surface area contributed by atoms with E-state index in [2.05, 4.69) is 4.42 Å². The third-order valence-corrected chi connectivity index (χ3v) is 1.34. The maximum Gasteiger partial charge on any atom is 0.433 e. The number of hydrogen-bond donors (Lipinski definition) is 2. The molecule has 0 radical (unpaired) electrons. The van der Waals surface area contributed by atoms with E-state index in [1.165, 1.54) is 12.1 Å². The molecule has 6 nitrogen and oxygen atoms in total. The van der Waals surface area contributed by atoms with Crippen molar-refractivity contribution in [1.82, 2.24) is 0 Å². The fourth-order valence-corrected chi connectivity index (χ4v) is 0.736. The van der Waals surface area contributed by atoms with Gasteiger partial charge in [-0.2, -0.15) is 0 Å². The van der Waals surface area contributed by atoms with Gasteiger partial charge in [0.05, 0.1) is 6.07 Å². The second-order valence-corrected chi connectivity index (χ2v) is 2.18. The summed E-state index contributed by atoms with van der Waals surface area (Å²) in [4.78, 5) is 9.45. The first-order valence-corrected chi connectivity index (χ1v) is 3.27. The van der Waals surface area contributed by atoms with Crippen LogP contribution in [0, 0.1) is 10.1 Å². The van der Waals surface area contributed by atoms with Crippen molar-refractivity contribution in [2.24, 2.45) is 5.73 Å². The van der Waals surface area contributed by atoms with E-state index in [0.29, 0.717) is 0 Å². The van der Waals surface area contributed by atoms with Gasteiger partial charge in [-0.25, -0.2) is 0 Å². The predicted molar refractivity (Wildman–Crippen MR) is 39.4 cm³/mol. The first-order chi connectivity index (χ1) is 5.65. The molecule has 1 aromatic rings. The van der Waals surface area contributed by atoms with E-state index < -0.39 is 16.9 Å². The first-order valence-electron chi connectivity index (χ1n) is 3.27. The van der Waals surface area contributed by atoms with Gasteiger partial charge in [0.25, 0.3) is 0 Å². The van der Waals surface area contributed by atoms with Crippen LogP contribution in [-0.2, 0) is 0 Å². The third-order valence-electron chi connectivity index (χ3n) is 1.34. The van der Waals surface area contributed by atoms with E-state index >= 15 is 0 Å². The highest BCUT2D eigenvalue weighted by atomic mass is 16.6. The van der Waals surface area contributed by atoms with Crippen molar-refractivity contribution in [1.29, 1.82) is 0 Å². The van der Waals surface area contributed by atoms with Crippen LogP contribution in [0.15, 0.2) is 16.5 Å². The summed E-state index contributed by atoms with van der Waals surface area (Å²) in [6, 6.07) is 2.50. The molecule has 12 heavy (non-hydrogen) atoms. The number of nitrogens with zero attached hydrogens (tertiary/aromatic N) is 1. The molecule has 0 aromatic carbocycles. The Morgan fingerprint density at radius 2 is 2.42 bits per heavy atom. The van der Waals surface area contributed by atoms with Gasteiger partial charge in [0.2, 0.25) is 0 Å². The van der Waals surface area contributed by atoms with Gasteiger partial charge in [0.15, 0.2) is 0 Å². The number of nitro groups is 1. The Balaban J connectivity index is 2.84. The Hall–Kier alpha value is -1.40. The average molecular weight is 172 g/mol. The summed E-state index contributed by atoms with van der Waals surface area (Å²) in [5.74, 6) is -0.276. The molecular formula is C6H8N2O4. The molecule has 1 heterocycles. The van der Waals surface area contributed by atoms with Crippen molar-refractivity contribution in [3.63, 3.8) is 0 Å². The van der Waals surface area contributed by atoms with Crippen molar-refractivity contribution < 1.29 is 14.4 Å². The van der Waals surface area contributed by atoms with Gasteiger partial charge in [-0.15, -0.1) is 0 Å². The quantitative estimate of drug-likeness (QED) is 0.500. The smallest absolute Gasteiger partial charge is 0.403 e. The molecule has 0 spiro atoms. The van der Waals surface area contributed by atoms with E-state index in [1.807, 2.05) is 0 Å². The molecule has 1 atom stereocenters. The summed E-state index contributed by atoms with van der Waals surface area (Å²) >= 11 is 0. The average Bonchev–Trinajstić information content (AvgIpc) is 2.51. The lowest BCUT2D eigenvalue weighted by molar-refractivity contribution is -0.402. The normalized spacial score (nSPS) is 12.8. The Labute approximate surface area is 67.7 Å². The lowest BCUT2D eigenvalue weighted by Gasteiger charge is -2.00. The summed E-state index contributed by atoms with van der Waals surface area (Å²) in [5, 5.41) is 19.2. The summed E-state index contributed by atoms with van der Waals surface area (Å²) in [6.45, 7) is -0.0231. The Bertz CT molecular complexity index is 283. The number of rotatable bonds is 3. The lowest BCUT2D eigenvalue weighted by atomic mass is 10.3. The molecule has 0 saturated heterocycles. The van der Waals surface area contributed by atoms with Crippen LogP contribution in [0.1, 0.15) is 11.9 Å². The maximum absolute atomic E-state index is 10.1. The largest absolute Gasteiger partial charge is 0.433 e. The molecule has 0 bridgehead atoms. The number of furan rings is 1. The minimum Gasteiger partial charge on any atom is -0.403 e. The van der Waals surface area contributed by atoms with E-state index in [0.717, 1.165) is 0 Å². The number of aliphatic hydroxyl groups is 1. The molecule has 1 aromatic heterocycles. The Morgan fingerprint density at radius 3 is 2.83 bits per heavy atom. The standard InChI is InChI=1S/C6H8N2O4/c7-3-4(9)5-1-2-6(12-5)8(10)11/h1-2,4,9H,3,7H2/t4-/m0/s1. The minimum atomic E-state index is -0.973. The summed E-state index contributed by atoms with van der Waals surface area (Å²) in [5.41, 5.74) is 5.11. The minimum absolute atomic E-state index is 0.0231. The molecule has 0 saturated carbocycles. The van der Waals surface area contributed by atoms with Crippen LogP contribution in [0.5, 0.6) is 0 Å². The van der Waals surface area contributed by atoms with Crippen molar-refractivity contribution >= 4 is 5.88 Å². The second kappa shape index (κ2) is 3.33. The van der Waals surface area contributed by atoms with Crippen LogP contribution >= 0.6 is 0 Å². The summed E-state index contributed by atoms with van der Waals surface area (Å²) in [6.07, 6.45) is -0.973. The SMILES string of the molecule is NC[C@H](O)c1ccc([N+](=O)[O-])o1. The molecular weight excluding hydrogens is 164 g/mol.